The summed E-state index contributed by atoms with van der Waals surface area (Å²) in [5, 5.41) is 0. The van der Waals surface area contributed by atoms with E-state index < -0.39 is 5.60 Å². The van der Waals surface area contributed by atoms with E-state index in [0.717, 1.165) is 12.8 Å². The molecule has 1 atom stereocenters. The Morgan fingerprint density at radius 2 is 1.90 bits per heavy atom. The van der Waals surface area contributed by atoms with Crippen molar-refractivity contribution in [3.8, 4) is 11.3 Å². The largest absolute Gasteiger partial charge is 0.451 e. The molecule has 2 amide bonds. The van der Waals surface area contributed by atoms with Crippen molar-refractivity contribution in [2.45, 2.75) is 39.2 Å². The topological polar surface area (TPSA) is 63.0 Å². The molecule has 1 unspecified atom stereocenters. The number of likely N-dealkylation sites (tertiary alicyclic amines) is 1. The minimum atomic E-state index is -0.540. The standard InChI is InChI=1S/C23H29FN2O4/c1-23(2,3)30-22(28)25(4)14-16-6-5-13-26(15-16)21(27)20-12-11-19(29-20)17-7-9-18(24)10-8-17/h7-12,16H,5-6,13-15H2,1-4H3. The Balaban J connectivity index is 1.60. The van der Waals surface area contributed by atoms with Crippen LogP contribution in [0.15, 0.2) is 40.8 Å². The number of furan rings is 1. The zero-order valence-corrected chi connectivity index (χ0v) is 18.0. The highest BCUT2D eigenvalue weighted by Gasteiger charge is 2.29. The molecule has 0 aliphatic carbocycles. The van der Waals surface area contributed by atoms with E-state index in [4.69, 9.17) is 9.15 Å². The maximum atomic E-state index is 13.1. The van der Waals surface area contributed by atoms with E-state index in [2.05, 4.69) is 0 Å². The Labute approximate surface area is 176 Å². The number of ether oxygens (including phenoxy) is 1. The summed E-state index contributed by atoms with van der Waals surface area (Å²) < 4.78 is 24.3. The number of amides is 2. The van der Waals surface area contributed by atoms with Crippen molar-refractivity contribution in [2.24, 2.45) is 5.92 Å². The van der Waals surface area contributed by atoms with Crippen molar-refractivity contribution in [2.75, 3.05) is 26.7 Å². The third-order valence-corrected chi connectivity index (χ3v) is 4.99. The average Bonchev–Trinajstić information content (AvgIpc) is 3.17. The molecule has 1 saturated heterocycles. The fourth-order valence-electron chi connectivity index (χ4n) is 3.58. The van der Waals surface area contributed by atoms with Crippen LogP contribution in [0.4, 0.5) is 9.18 Å². The number of piperidine rings is 1. The summed E-state index contributed by atoms with van der Waals surface area (Å²) in [5.41, 5.74) is 0.174. The van der Waals surface area contributed by atoms with Crippen LogP contribution in [0.5, 0.6) is 0 Å². The molecule has 0 bridgehead atoms. The van der Waals surface area contributed by atoms with Gasteiger partial charge in [0.1, 0.15) is 17.2 Å². The Morgan fingerprint density at radius 3 is 2.57 bits per heavy atom. The molecule has 6 nitrogen and oxygen atoms in total. The van der Waals surface area contributed by atoms with Crippen LogP contribution < -0.4 is 0 Å². The van der Waals surface area contributed by atoms with Gasteiger partial charge < -0.3 is 19.0 Å². The van der Waals surface area contributed by atoms with Crippen molar-refractivity contribution < 1.29 is 23.1 Å². The highest BCUT2D eigenvalue weighted by Crippen LogP contribution is 2.25. The van der Waals surface area contributed by atoms with Gasteiger partial charge in [-0.3, -0.25) is 4.79 Å². The van der Waals surface area contributed by atoms with Crippen LogP contribution >= 0.6 is 0 Å². The van der Waals surface area contributed by atoms with E-state index in [-0.39, 0.29) is 29.5 Å². The Kier molecular flexibility index (Phi) is 6.48. The van der Waals surface area contributed by atoms with Crippen molar-refractivity contribution >= 4 is 12.0 Å². The third-order valence-electron chi connectivity index (χ3n) is 4.99. The number of carbonyl (C=O) groups is 2. The molecule has 1 aliphatic heterocycles. The Hall–Kier alpha value is -2.83. The first-order valence-electron chi connectivity index (χ1n) is 10.2. The van der Waals surface area contributed by atoms with Crippen LogP contribution in [0.25, 0.3) is 11.3 Å². The van der Waals surface area contributed by atoms with Gasteiger partial charge >= 0.3 is 6.09 Å². The highest BCUT2D eigenvalue weighted by atomic mass is 19.1. The summed E-state index contributed by atoms with van der Waals surface area (Å²) in [6.45, 7) is 7.24. The van der Waals surface area contributed by atoms with Crippen molar-refractivity contribution in [3.05, 3.63) is 48.0 Å². The van der Waals surface area contributed by atoms with Crippen molar-refractivity contribution in [1.82, 2.24) is 9.80 Å². The fourth-order valence-corrected chi connectivity index (χ4v) is 3.58. The van der Waals surface area contributed by atoms with E-state index in [1.165, 1.54) is 12.1 Å². The second-order valence-corrected chi connectivity index (χ2v) is 8.79. The molecule has 2 aromatic rings. The number of halogens is 1. The van der Waals surface area contributed by atoms with E-state index >= 15 is 0 Å². The first-order chi connectivity index (χ1) is 14.1. The molecule has 162 valence electrons. The van der Waals surface area contributed by atoms with Gasteiger partial charge in [-0.1, -0.05) is 0 Å². The zero-order chi connectivity index (χ0) is 21.9. The van der Waals surface area contributed by atoms with Crippen LogP contribution in [-0.2, 0) is 4.74 Å². The normalized spacial score (nSPS) is 17.0. The monoisotopic (exact) mass is 416 g/mol. The van der Waals surface area contributed by atoms with Gasteiger partial charge in [0.2, 0.25) is 0 Å². The predicted octanol–water partition coefficient (Wildman–Crippen LogP) is 4.80. The van der Waals surface area contributed by atoms with Gasteiger partial charge in [-0.15, -0.1) is 0 Å². The van der Waals surface area contributed by atoms with Crippen molar-refractivity contribution in [3.63, 3.8) is 0 Å². The summed E-state index contributed by atoms with van der Waals surface area (Å²) in [4.78, 5) is 28.5. The maximum absolute atomic E-state index is 13.1. The molecule has 7 heteroatoms. The lowest BCUT2D eigenvalue weighted by Crippen LogP contribution is -2.44. The van der Waals surface area contributed by atoms with Crippen LogP contribution in [0, 0.1) is 11.7 Å². The molecule has 0 radical (unpaired) electrons. The Morgan fingerprint density at radius 1 is 1.20 bits per heavy atom. The Bertz CT molecular complexity index is 885. The van der Waals surface area contributed by atoms with E-state index in [0.29, 0.717) is 31.0 Å². The molecule has 1 aromatic carbocycles. The van der Waals surface area contributed by atoms with Gasteiger partial charge in [-0.25, -0.2) is 9.18 Å². The van der Waals surface area contributed by atoms with Gasteiger partial charge in [0.05, 0.1) is 0 Å². The van der Waals surface area contributed by atoms with Crippen LogP contribution in [0.1, 0.15) is 44.2 Å². The number of hydrogen-bond acceptors (Lipinski definition) is 4. The lowest BCUT2D eigenvalue weighted by atomic mass is 9.97. The fraction of sp³-hybridized carbons (Fsp3) is 0.478. The molecule has 30 heavy (non-hydrogen) atoms. The van der Waals surface area contributed by atoms with E-state index in [1.807, 2.05) is 20.8 Å². The number of benzene rings is 1. The molecule has 3 rings (SSSR count). The van der Waals surface area contributed by atoms with E-state index in [9.17, 15) is 14.0 Å². The first-order valence-corrected chi connectivity index (χ1v) is 10.2. The van der Waals surface area contributed by atoms with Crippen LogP contribution in [-0.4, -0.2) is 54.1 Å². The second kappa shape index (κ2) is 8.90. The average molecular weight is 416 g/mol. The summed E-state index contributed by atoms with van der Waals surface area (Å²) >= 11 is 0. The van der Waals surface area contributed by atoms with Gasteiger partial charge in [0.25, 0.3) is 5.91 Å². The third kappa shape index (κ3) is 5.62. The smallest absolute Gasteiger partial charge is 0.410 e. The number of hydrogen-bond donors (Lipinski definition) is 0. The zero-order valence-electron chi connectivity index (χ0n) is 18.0. The molecular weight excluding hydrogens is 387 g/mol. The highest BCUT2D eigenvalue weighted by molar-refractivity contribution is 5.92. The summed E-state index contributed by atoms with van der Waals surface area (Å²) in [6.07, 6.45) is 1.45. The second-order valence-electron chi connectivity index (χ2n) is 8.79. The quantitative estimate of drug-likeness (QED) is 0.718. The molecule has 1 aliphatic rings. The molecule has 1 fully saturated rings. The lowest BCUT2D eigenvalue weighted by molar-refractivity contribution is 0.0242. The predicted molar refractivity (Wildman–Crippen MR) is 112 cm³/mol. The minimum Gasteiger partial charge on any atom is -0.451 e. The number of nitrogens with zero attached hydrogens (tertiary/aromatic N) is 2. The number of carbonyl (C=O) groups excluding carboxylic acids is 2. The molecule has 0 saturated carbocycles. The summed E-state index contributed by atoms with van der Waals surface area (Å²) in [5.74, 6) is 0.462. The minimum absolute atomic E-state index is 0.173. The summed E-state index contributed by atoms with van der Waals surface area (Å²) in [6, 6.07) is 9.32. The molecule has 1 aromatic heterocycles. The molecule has 0 N–H and O–H groups in total. The first kappa shape index (κ1) is 21.9. The van der Waals surface area contributed by atoms with E-state index in [1.54, 1.807) is 41.1 Å². The SMILES string of the molecule is CN(CC1CCCN(C(=O)c2ccc(-c3ccc(F)cc3)o2)C1)C(=O)OC(C)(C)C. The molecule has 2 heterocycles. The lowest BCUT2D eigenvalue weighted by Gasteiger charge is -2.34. The van der Waals surface area contributed by atoms with Gasteiger partial charge in [-0.2, -0.15) is 0 Å². The number of rotatable bonds is 4. The van der Waals surface area contributed by atoms with Crippen LogP contribution in [0.2, 0.25) is 0 Å². The van der Waals surface area contributed by atoms with Gasteiger partial charge in [-0.05, 0) is 75.9 Å². The maximum Gasteiger partial charge on any atom is 0.410 e. The molecular formula is C23H29FN2O4. The van der Waals surface area contributed by atoms with Crippen molar-refractivity contribution in [1.29, 1.82) is 0 Å². The van der Waals surface area contributed by atoms with Gasteiger partial charge in [0.15, 0.2) is 5.76 Å². The molecule has 0 spiro atoms. The summed E-state index contributed by atoms with van der Waals surface area (Å²) in [7, 11) is 1.72. The van der Waals surface area contributed by atoms with Crippen LogP contribution in [0.3, 0.4) is 0 Å². The van der Waals surface area contributed by atoms with Gasteiger partial charge in [0, 0.05) is 32.2 Å².